The number of aromatic amines is 3. The molecule has 0 radical (unpaired) electrons. The summed E-state index contributed by atoms with van der Waals surface area (Å²) in [5.41, 5.74) is 9.87. The van der Waals surface area contributed by atoms with Crippen LogP contribution in [0.2, 0.25) is 0 Å². The van der Waals surface area contributed by atoms with Crippen molar-refractivity contribution in [1.82, 2.24) is 20.3 Å². The number of aliphatic carboxylic acids is 1. The average Bonchev–Trinajstić information content (AvgIpc) is 3.87. The number of ketones is 1. The Morgan fingerprint density at radius 3 is 2.39 bits per heavy atom. The number of aldehydes is 1. The number of carboxylic acid groups (broad SMARTS) is 1. The maximum absolute atomic E-state index is 14.1. The highest BCUT2D eigenvalue weighted by Gasteiger charge is 2.48. The molecule has 8 bridgehead atoms. The largest absolute Gasteiger partial charge is 0.480 e. The van der Waals surface area contributed by atoms with Crippen molar-refractivity contribution >= 4 is 53.9 Å². The number of hydrogen-bond acceptors (Lipinski definition) is 6. The Balaban J connectivity index is 1.48. The summed E-state index contributed by atoms with van der Waals surface area (Å²) in [6.07, 6.45) is 14.7. The second-order valence-corrected chi connectivity index (χ2v) is 15.4. The predicted molar refractivity (Wildman–Crippen MR) is 212 cm³/mol. The van der Waals surface area contributed by atoms with Crippen molar-refractivity contribution in [3.63, 3.8) is 0 Å². The monoisotopic (exact) mass is 732 g/mol. The molecule has 10 nitrogen and oxygen atoms in total. The van der Waals surface area contributed by atoms with Crippen LogP contribution >= 0.6 is 0 Å². The fraction of sp³-hybridized carbons (Fsp3) is 0.409. The van der Waals surface area contributed by atoms with Crippen LogP contribution in [-0.4, -0.2) is 50.7 Å². The van der Waals surface area contributed by atoms with Gasteiger partial charge in [0.15, 0.2) is 12.1 Å². The lowest BCUT2D eigenvalue weighted by Crippen LogP contribution is -2.24. The van der Waals surface area contributed by atoms with Crippen LogP contribution < -0.4 is 16.0 Å². The lowest BCUT2D eigenvalue weighted by Gasteiger charge is -2.19. The number of carboxylic acids is 1. The van der Waals surface area contributed by atoms with E-state index in [4.69, 9.17) is 4.74 Å². The van der Waals surface area contributed by atoms with Gasteiger partial charge in [-0.1, -0.05) is 52.3 Å². The van der Waals surface area contributed by atoms with E-state index in [-0.39, 0.29) is 30.8 Å². The molecular formula is C44H52N4O6. The maximum atomic E-state index is 14.1. The van der Waals surface area contributed by atoms with E-state index in [2.05, 4.69) is 54.5 Å². The van der Waals surface area contributed by atoms with Crippen LogP contribution in [0, 0.1) is 37.5 Å². The number of hydrogen-bond donors (Lipinski definition) is 5. The summed E-state index contributed by atoms with van der Waals surface area (Å²) in [5, 5.41) is 15.5. The molecule has 3 aromatic heterocycles. The van der Waals surface area contributed by atoms with Gasteiger partial charge in [0, 0.05) is 74.3 Å². The zero-order valence-corrected chi connectivity index (χ0v) is 32.4. The molecule has 3 aliphatic rings. The highest BCUT2D eigenvalue weighted by Crippen LogP contribution is 2.48. The molecule has 10 heteroatoms. The molecule has 0 amide bonds. The van der Waals surface area contributed by atoms with Crippen molar-refractivity contribution < 1.29 is 29.0 Å². The zero-order valence-electron chi connectivity index (χ0n) is 32.4. The van der Waals surface area contributed by atoms with E-state index >= 15 is 0 Å². The van der Waals surface area contributed by atoms with Crippen LogP contribution in [0.4, 0.5) is 0 Å². The first-order valence-electron chi connectivity index (χ1n) is 19.1. The summed E-state index contributed by atoms with van der Waals surface area (Å²) >= 11 is 0. The lowest BCUT2D eigenvalue weighted by atomic mass is 9.85. The van der Waals surface area contributed by atoms with Crippen molar-refractivity contribution in [3.8, 4) is 0 Å². The number of carbonyl (C=O) groups is 4. The number of rotatable bonds is 13. The van der Waals surface area contributed by atoms with Crippen LogP contribution in [0.3, 0.4) is 0 Å². The van der Waals surface area contributed by atoms with Crippen molar-refractivity contribution in [2.45, 2.75) is 87.0 Å². The molecule has 5 N–H and O–H groups in total. The number of carbonyl (C=O) groups excluding carboxylic acids is 3. The van der Waals surface area contributed by atoms with E-state index in [0.717, 1.165) is 59.3 Å². The minimum atomic E-state index is -1.42. The van der Waals surface area contributed by atoms with Gasteiger partial charge in [-0.05, 0) is 93.4 Å². The Morgan fingerprint density at radius 1 is 1.00 bits per heavy atom. The Morgan fingerprint density at radius 2 is 1.72 bits per heavy atom. The third-order valence-corrected chi connectivity index (χ3v) is 11.5. The summed E-state index contributed by atoms with van der Waals surface area (Å²) < 4.78 is 5.64. The van der Waals surface area contributed by atoms with Crippen LogP contribution in [-0.2, 0) is 20.7 Å². The van der Waals surface area contributed by atoms with Gasteiger partial charge in [-0.2, -0.15) is 0 Å². The molecular weight excluding hydrogens is 681 g/mol. The van der Waals surface area contributed by atoms with Gasteiger partial charge in [-0.25, -0.2) is 0 Å². The predicted octanol–water partition coefficient (Wildman–Crippen LogP) is 6.88. The van der Waals surface area contributed by atoms with E-state index in [1.807, 2.05) is 45.1 Å². The van der Waals surface area contributed by atoms with E-state index in [0.29, 0.717) is 68.8 Å². The number of ether oxygens (including phenoxy) is 1. The van der Waals surface area contributed by atoms with Crippen LogP contribution in [0.1, 0.15) is 132 Å². The summed E-state index contributed by atoms with van der Waals surface area (Å²) in [7, 11) is 0. The second-order valence-electron chi connectivity index (χ2n) is 15.4. The number of fused-ring (bicyclic) bond motifs is 7. The van der Waals surface area contributed by atoms with Gasteiger partial charge in [0.2, 0.25) is 0 Å². The molecule has 5 heterocycles. The number of Topliss-reactive ketones (excluding diaryl/α,β-unsaturated/α-hetero) is 1. The molecule has 6 rings (SSSR count). The van der Waals surface area contributed by atoms with Gasteiger partial charge >= 0.3 is 11.9 Å². The van der Waals surface area contributed by atoms with Crippen molar-refractivity contribution in [3.05, 3.63) is 96.5 Å². The smallest absolute Gasteiger partial charge is 0.319 e. The van der Waals surface area contributed by atoms with Gasteiger partial charge in [0.25, 0.3) is 0 Å². The third-order valence-electron chi connectivity index (χ3n) is 11.5. The van der Waals surface area contributed by atoms with Gasteiger partial charge in [-0.3, -0.25) is 19.2 Å². The molecule has 0 aromatic carbocycles. The molecule has 1 saturated heterocycles. The molecule has 3 aromatic rings. The van der Waals surface area contributed by atoms with Gasteiger partial charge in [0.05, 0.1) is 11.0 Å². The van der Waals surface area contributed by atoms with E-state index in [1.54, 1.807) is 6.08 Å². The quantitative estimate of drug-likeness (QED) is 0.0555. The van der Waals surface area contributed by atoms with Gasteiger partial charge < -0.3 is 30.1 Å². The maximum Gasteiger partial charge on any atom is 0.319 e. The molecule has 2 aliphatic heterocycles. The normalized spacial score (nSPS) is 22.6. The van der Waals surface area contributed by atoms with Crippen molar-refractivity contribution in [2.24, 2.45) is 23.7 Å². The SMILES string of the molecule is C=Cc1c2[nH]c(c1C)/C=C1/N/C(=C3\c4[nH]c(c(C)c4C(=O)[C@@H]3C(=O)O)/C=c3\[nH]/c(c(C=O)c3CC)=C\2)[C@@H](CCC(=O)OC/C=C(\C)CCCC(C)C)[C@@H]1C. The molecule has 3 atom stereocenters. The number of allylic oxidation sites excluding steroid dienone is 3. The highest BCUT2D eigenvalue weighted by atomic mass is 16.5. The Hall–Kier alpha value is -5.38. The Labute approximate surface area is 316 Å². The average molecular weight is 733 g/mol. The summed E-state index contributed by atoms with van der Waals surface area (Å²) in [4.78, 5) is 63.0. The number of H-pyrrole nitrogens is 3. The number of aromatic nitrogens is 3. The first kappa shape index (κ1) is 38.3. The molecule has 284 valence electrons. The van der Waals surface area contributed by atoms with E-state index in [9.17, 15) is 24.3 Å². The minimum Gasteiger partial charge on any atom is -0.480 e. The highest BCUT2D eigenvalue weighted by molar-refractivity contribution is 6.24. The van der Waals surface area contributed by atoms with E-state index in [1.165, 1.54) is 5.57 Å². The topological polar surface area (TPSA) is 157 Å². The fourth-order valence-corrected chi connectivity index (χ4v) is 8.35. The summed E-state index contributed by atoms with van der Waals surface area (Å²) in [6.45, 7) is 18.6. The molecule has 0 spiro atoms. The van der Waals surface area contributed by atoms with E-state index < -0.39 is 17.7 Å². The molecule has 0 saturated carbocycles. The number of esters is 1. The molecule has 1 fully saturated rings. The second kappa shape index (κ2) is 15.5. The fourth-order valence-electron chi connectivity index (χ4n) is 8.35. The Kier molecular flexibility index (Phi) is 11.0. The summed E-state index contributed by atoms with van der Waals surface area (Å²) in [6, 6.07) is 0. The van der Waals surface area contributed by atoms with Crippen LogP contribution in [0.15, 0.2) is 29.6 Å². The number of nitrogens with one attached hydrogen (secondary N) is 4. The first-order valence-corrected chi connectivity index (χ1v) is 19.1. The Bertz CT molecular complexity index is 2270. The minimum absolute atomic E-state index is 0.122. The lowest BCUT2D eigenvalue weighted by molar-refractivity contribution is -0.143. The first-order chi connectivity index (χ1) is 25.8. The van der Waals surface area contributed by atoms with Crippen LogP contribution in [0.25, 0.3) is 29.9 Å². The molecule has 1 aliphatic carbocycles. The van der Waals surface area contributed by atoms with Crippen LogP contribution in [0.5, 0.6) is 0 Å². The standard InChI is InChI=1S/C44H52N4O6/c1-9-27-24(6)31-18-32-25(7)29(14-15-37(50)54-17-16-23(5)13-11-12-22(3)4)41(47-32)39-40(44(52)53)43(51)38-26(8)33(48-42(38)39)19-35-28(10-2)30(21-49)36(46-35)20-34(27)45-31/h9,16,18-22,25,29,40,45-48H,1,10-15,17H2,2-8H3,(H,52,53)/b23-16+,32-18+,35-19-,36-20-,41-39-/t25-,29-,40+/m0/s1. The van der Waals surface area contributed by atoms with Crippen molar-refractivity contribution in [1.29, 1.82) is 0 Å². The van der Waals surface area contributed by atoms with Gasteiger partial charge in [-0.15, -0.1) is 0 Å². The van der Waals surface area contributed by atoms with Crippen molar-refractivity contribution in [2.75, 3.05) is 6.61 Å². The van der Waals surface area contributed by atoms with Gasteiger partial charge in [0.1, 0.15) is 12.5 Å². The molecule has 54 heavy (non-hydrogen) atoms. The summed E-state index contributed by atoms with van der Waals surface area (Å²) in [5.74, 6) is -3.31. The zero-order chi connectivity index (χ0) is 39.0. The molecule has 0 unspecified atom stereocenters. The third kappa shape index (κ3) is 7.01.